The van der Waals surface area contributed by atoms with Gasteiger partial charge < -0.3 is 20.1 Å². The Bertz CT molecular complexity index is 1380. The second-order valence-corrected chi connectivity index (χ2v) is 14.0. The number of carbonyl (C=O) groups excluding carboxylic acids is 3. The highest BCUT2D eigenvalue weighted by Crippen LogP contribution is 2.66. The smallest absolute Gasteiger partial charge is 0.326 e. The van der Waals surface area contributed by atoms with Crippen molar-refractivity contribution >= 4 is 34.5 Å². The van der Waals surface area contributed by atoms with Crippen LogP contribution in [0, 0.1) is 34.5 Å². The molecule has 0 saturated heterocycles. The van der Waals surface area contributed by atoms with Gasteiger partial charge in [-0.25, -0.2) is 4.79 Å². The van der Waals surface area contributed by atoms with Gasteiger partial charge in [0, 0.05) is 48.2 Å². The minimum absolute atomic E-state index is 0.0551. The number of H-pyrrole nitrogens is 1. The Morgan fingerprint density at radius 3 is 2.62 bits per heavy atom. The van der Waals surface area contributed by atoms with Gasteiger partial charge >= 0.3 is 11.9 Å². The molecule has 226 valence electrons. The van der Waals surface area contributed by atoms with Gasteiger partial charge in [-0.15, -0.1) is 0 Å². The molecule has 1 aromatic heterocycles. The van der Waals surface area contributed by atoms with E-state index in [9.17, 15) is 24.3 Å². The normalized spacial score (nSPS) is 34.6. The highest BCUT2D eigenvalue weighted by atomic mass is 16.5. The summed E-state index contributed by atoms with van der Waals surface area (Å²) in [4.78, 5) is 52.9. The number of nitrogens with one attached hydrogen (secondary N) is 2. The first-order chi connectivity index (χ1) is 20.1. The molecule has 8 atom stereocenters. The number of esters is 1. The van der Waals surface area contributed by atoms with Crippen LogP contribution < -0.4 is 5.32 Å². The van der Waals surface area contributed by atoms with Crippen molar-refractivity contribution < 1.29 is 29.0 Å². The quantitative estimate of drug-likeness (QED) is 0.352. The predicted octanol–water partition coefficient (Wildman–Crippen LogP) is 5.58. The Kier molecular flexibility index (Phi) is 7.69. The molecule has 1 amide bonds. The number of rotatable bonds is 8. The Balaban J connectivity index is 1.02. The highest BCUT2D eigenvalue weighted by molar-refractivity contribution is 5.88. The number of fused-ring (bicyclic) bond motifs is 6. The second-order valence-electron chi connectivity index (χ2n) is 14.0. The van der Waals surface area contributed by atoms with Crippen LogP contribution in [0.15, 0.2) is 30.5 Å². The molecule has 2 aromatic rings. The number of hydrogen-bond donors (Lipinski definition) is 3. The number of carboxylic acid groups (broad SMARTS) is 1. The molecule has 42 heavy (non-hydrogen) atoms. The monoisotopic (exact) mass is 576 g/mol. The van der Waals surface area contributed by atoms with E-state index < -0.39 is 17.9 Å². The third-order valence-electron chi connectivity index (χ3n) is 12.0. The van der Waals surface area contributed by atoms with E-state index in [2.05, 4.69) is 24.1 Å². The lowest BCUT2D eigenvalue weighted by atomic mass is 9.45. The number of amides is 1. The van der Waals surface area contributed by atoms with Gasteiger partial charge in [0.15, 0.2) is 0 Å². The lowest BCUT2D eigenvalue weighted by Crippen LogP contribution is -2.54. The van der Waals surface area contributed by atoms with E-state index in [4.69, 9.17) is 4.74 Å². The molecule has 0 spiro atoms. The van der Waals surface area contributed by atoms with Crippen molar-refractivity contribution in [3.05, 3.63) is 36.0 Å². The fourth-order valence-corrected chi connectivity index (χ4v) is 9.61. The minimum Gasteiger partial charge on any atom is -0.480 e. The molecule has 4 fully saturated rings. The Labute approximate surface area is 247 Å². The Hall–Kier alpha value is -3.16. The zero-order valence-electron chi connectivity index (χ0n) is 24.8. The van der Waals surface area contributed by atoms with Crippen molar-refractivity contribution in [1.82, 2.24) is 10.3 Å². The number of aliphatic carboxylic acids is 1. The fraction of sp³-hybridized carbons (Fsp3) is 0.647. The number of carboxylic acids is 1. The molecule has 3 N–H and O–H groups in total. The third kappa shape index (κ3) is 5.15. The SMILES string of the molecule is C[C@]12CCC(=O)C[C@@H]1CC[C@H]1[C@H]2CC[C@]2(C)[C@H](OC(=O)CCC(=O)N[C@H](Cc3c[nH]c4ccccc34)C(=O)O)CC[C@@H]12. The van der Waals surface area contributed by atoms with Crippen LogP contribution in [-0.2, 0) is 30.3 Å². The molecule has 4 aliphatic carbocycles. The summed E-state index contributed by atoms with van der Waals surface area (Å²) >= 11 is 0. The van der Waals surface area contributed by atoms with Gasteiger partial charge in [-0.3, -0.25) is 14.4 Å². The highest BCUT2D eigenvalue weighted by Gasteiger charge is 2.61. The largest absolute Gasteiger partial charge is 0.480 e. The molecular formula is C34H44N2O6. The van der Waals surface area contributed by atoms with Crippen molar-refractivity contribution in [2.45, 2.75) is 103 Å². The second kappa shape index (κ2) is 11.2. The van der Waals surface area contributed by atoms with Gasteiger partial charge in [0.2, 0.25) is 5.91 Å². The predicted molar refractivity (Wildman–Crippen MR) is 157 cm³/mol. The van der Waals surface area contributed by atoms with Crippen LogP contribution in [-0.4, -0.2) is 45.9 Å². The zero-order chi connectivity index (χ0) is 29.6. The average molecular weight is 577 g/mol. The number of aromatic amines is 1. The summed E-state index contributed by atoms with van der Waals surface area (Å²) in [7, 11) is 0. The lowest BCUT2D eigenvalue weighted by molar-refractivity contribution is -0.164. The topological polar surface area (TPSA) is 126 Å². The first kappa shape index (κ1) is 28.9. The van der Waals surface area contributed by atoms with Crippen molar-refractivity contribution in [2.75, 3.05) is 0 Å². The van der Waals surface area contributed by atoms with E-state index in [0.717, 1.165) is 67.8 Å². The number of carbonyl (C=O) groups is 4. The van der Waals surface area contributed by atoms with Crippen LogP contribution >= 0.6 is 0 Å². The molecule has 1 aromatic carbocycles. The maximum absolute atomic E-state index is 12.9. The Morgan fingerprint density at radius 2 is 1.81 bits per heavy atom. The number of aromatic nitrogens is 1. The number of hydrogen-bond acceptors (Lipinski definition) is 5. The molecule has 4 aliphatic rings. The van der Waals surface area contributed by atoms with Crippen LogP contribution in [0.25, 0.3) is 10.9 Å². The summed E-state index contributed by atoms with van der Waals surface area (Å²) in [5.74, 6) is 0.785. The van der Waals surface area contributed by atoms with E-state index in [1.165, 1.54) is 6.42 Å². The van der Waals surface area contributed by atoms with Crippen LogP contribution in [0.4, 0.5) is 0 Å². The summed E-state index contributed by atoms with van der Waals surface area (Å²) in [6, 6.07) is 6.55. The number of Topliss-reactive ketones (excluding diaryl/α,β-unsaturated/α-hetero) is 1. The minimum atomic E-state index is -1.11. The summed E-state index contributed by atoms with van der Waals surface area (Å²) in [5, 5.41) is 13.3. The van der Waals surface area contributed by atoms with Crippen molar-refractivity contribution in [1.29, 1.82) is 0 Å². The molecule has 6 rings (SSSR count). The maximum Gasteiger partial charge on any atom is 0.326 e. The standard InChI is InChI=1S/C34H44N2O6/c1-33-15-13-22(37)18-21(33)7-8-24-25-9-10-29(34(25,2)16-14-26(24)33)42-31(39)12-11-30(38)36-28(32(40)41)17-20-19-35-27-6-4-3-5-23(20)27/h3-6,19,21,24-26,28-29,35H,7-18H2,1-2H3,(H,36,38)(H,40,41)/t21-,24+,25-,26+,28+,29+,33-,34-/m0/s1. The molecule has 8 heteroatoms. The van der Waals surface area contributed by atoms with Gasteiger partial charge in [-0.2, -0.15) is 0 Å². The van der Waals surface area contributed by atoms with Crippen LogP contribution in [0.1, 0.15) is 90.0 Å². The average Bonchev–Trinajstić information content (AvgIpc) is 3.52. The molecule has 0 unspecified atom stereocenters. The van der Waals surface area contributed by atoms with Crippen molar-refractivity contribution in [3.63, 3.8) is 0 Å². The maximum atomic E-state index is 12.9. The molecule has 0 aliphatic heterocycles. The van der Waals surface area contributed by atoms with Crippen LogP contribution in [0.3, 0.4) is 0 Å². The molecule has 4 saturated carbocycles. The number of benzene rings is 1. The van der Waals surface area contributed by atoms with E-state index >= 15 is 0 Å². The van der Waals surface area contributed by atoms with Crippen molar-refractivity contribution in [2.24, 2.45) is 34.5 Å². The van der Waals surface area contributed by atoms with E-state index in [0.29, 0.717) is 29.5 Å². The summed E-state index contributed by atoms with van der Waals surface area (Å²) in [5.41, 5.74) is 1.92. The molecule has 1 heterocycles. The van der Waals surface area contributed by atoms with Gasteiger partial charge in [0.25, 0.3) is 0 Å². The van der Waals surface area contributed by atoms with Crippen LogP contribution in [0.5, 0.6) is 0 Å². The number of ether oxygens (including phenoxy) is 1. The first-order valence-electron chi connectivity index (χ1n) is 15.9. The summed E-state index contributed by atoms with van der Waals surface area (Å²) in [6.45, 7) is 4.74. The van der Waals surface area contributed by atoms with Gasteiger partial charge in [0.1, 0.15) is 17.9 Å². The lowest BCUT2D eigenvalue weighted by Gasteiger charge is -2.60. The summed E-state index contributed by atoms with van der Waals surface area (Å²) < 4.78 is 6.06. The van der Waals surface area contributed by atoms with E-state index in [1.807, 2.05) is 24.3 Å². The zero-order valence-corrected chi connectivity index (χ0v) is 24.8. The van der Waals surface area contributed by atoms with Gasteiger partial charge in [-0.1, -0.05) is 32.0 Å². The van der Waals surface area contributed by atoms with Crippen LogP contribution in [0.2, 0.25) is 0 Å². The third-order valence-corrected chi connectivity index (χ3v) is 12.0. The fourth-order valence-electron chi connectivity index (χ4n) is 9.61. The van der Waals surface area contributed by atoms with Crippen molar-refractivity contribution in [3.8, 4) is 0 Å². The molecule has 0 bridgehead atoms. The van der Waals surface area contributed by atoms with Gasteiger partial charge in [0.05, 0.1) is 6.42 Å². The number of para-hydroxylation sites is 1. The number of ketones is 1. The van der Waals surface area contributed by atoms with E-state index in [-0.39, 0.29) is 42.2 Å². The first-order valence-corrected chi connectivity index (χ1v) is 15.9. The molecule has 0 radical (unpaired) electrons. The Morgan fingerprint density at radius 1 is 1.02 bits per heavy atom. The van der Waals surface area contributed by atoms with E-state index in [1.54, 1.807) is 6.20 Å². The van der Waals surface area contributed by atoms with Gasteiger partial charge in [-0.05, 0) is 85.7 Å². The molecular weight excluding hydrogens is 532 g/mol. The summed E-state index contributed by atoms with van der Waals surface area (Å²) in [6.07, 6.45) is 10.5. The molecule has 8 nitrogen and oxygen atoms in total.